The molecule has 0 aliphatic carbocycles. The van der Waals surface area contributed by atoms with Crippen molar-refractivity contribution >= 4 is 23.6 Å². The Labute approximate surface area is 167 Å². The second kappa shape index (κ2) is 9.14. The Bertz CT molecular complexity index is 970. The minimum atomic E-state index is -0.544. The van der Waals surface area contributed by atoms with Crippen LogP contribution < -0.4 is 15.6 Å². The van der Waals surface area contributed by atoms with Gasteiger partial charge < -0.3 is 9.15 Å². The lowest BCUT2D eigenvalue weighted by molar-refractivity contribution is 0.0828. The number of carbonyl (C=O) groups excluding carboxylic acids is 2. The van der Waals surface area contributed by atoms with Gasteiger partial charge in [0, 0.05) is 10.5 Å². The number of nitrogens with one attached hydrogen (secondary N) is 2. The molecule has 2 N–H and O–H groups in total. The SMILES string of the molecule is CSc1ccc(C)c(C(=O)NNC(=O)c2ccc(COc3ccccc3)o2)c1. The smallest absolute Gasteiger partial charge is 0.305 e. The van der Waals surface area contributed by atoms with E-state index in [1.165, 1.54) is 6.07 Å². The van der Waals surface area contributed by atoms with E-state index >= 15 is 0 Å². The standard InChI is InChI=1S/C21H20N2O4S/c1-14-8-10-17(28-2)12-18(14)20(24)22-23-21(25)19-11-9-16(27-19)13-26-15-6-4-3-5-7-15/h3-12H,13H2,1-2H3,(H,22,24)(H,23,25). The molecule has 0 atom stereocenters. The summed E-state index contributed by atoms with van der Waals surface area (Å²) in [7, 11) is 0. The molecule has 0 fully saturated rings. The third kappa shape index (κ3) is 4.95. The largest absolute Gasteiger partial charge is 0.486 e. The first-order chi connectivity index (χ1) is 13.6. The van der Waals surface area contributed by atoms with E-state index in [0.717, 1.165) is 10.5 Å². The molecule has 2 amide bonds. The molecular formula is C21H20N2O4S. The van der Waals surface area contributed by atoms with E-state index in [1.807, 2.05) is 55.6 Å². The Morgan fingerprint density at radius 2 is 1.75 bits per heavy atom. The van der Waals surface area contributed by atoms with E-state index in [9.17, 15) is 9.59 Å². The van der Waals surface area contributed by atoms with E-state index < -0.39 is 5.91 Å². The van der Waals surface area contributed by atoms with E-state index in [2.05, 4.69) is 10.9 Å². The van der Waals surface area contributed by atoms with Crippen LogP contribution in [0.5, 0.6) is 5.75 Å². The van der Waals surface area contributed by atoms with Crippen LogP contribution in [0.25, 0.3) is 0 Å². The summed E-state index contributed by atoms with van der Waals surface area (Å²) in [5.41, 5.74) is 6.11. The molecule has 0 saturated carbocycles. The third-order valence-electron chi connectivity index (χ3n) is 3.99. The van der Waals surface area contributed by atoms with E-state index in [-0.39, 0.29) is 18.3 Å². The van der Waals surface area contributed by atoms with Crippen LogP contribution in [0.15, 0.2) is 70.0 Å². The second-order valence-corrected chi connectivity index (χ2v) is 6.84. The molecule has 1 heterocycles. The summed E-state index contributed by atoms with van der Waals surface area (Å²) in [5, 5.41) is 0. The number of rotatable bonds is 6. The Kier molecular flexibility index (Phi) is 6.39. The maximum absolute atomic E-state index is 12.3. The van der Waals surface area contributed by atoms with Gasteiger partial charge in [-0.15, -0.1) is 11.8 Å². The number of hydrazine groups is 1. The van der Waals surface area contributed by atoms with Crippen LogP contribution in [-0.2, 0) is 6.61 Å². The van der Waals surface area contributed by atoms with Crippen molar-refractivity contribution in [2.45, 2.75) is 18.4 Å². The number of furan rings is 1. The molecule has 0 bridgehead atoms. The first kappa shape index (κ1) is 19.6. The van der Waals surface area contributed by atoms with Gasteiger partial charge in [0.25, 0.3) is 5.91 Å². The van der Waals surface area contributed by atoms with Crippen molar-refractivity contribution in [2.75, 3.05) is 6.26 Å². The van der Waals surface area contributed by atoms with Crippen LogP contribution in [0.4, 0.5) is 0 Å². The fourth-order valence-electron chi connectivity index (χ4n) is 2.46. The number of amides is 2. The number of ether oxygens (including phenoxy) is 1. The maximum Gasteiger partial charge on any atom is 0.305 e. The van der Waals surface area contributed by atoms with Crippen LogP contribution >= 0.6 is 11.8 Å². The first-order valence-corrected chi connectivity index (χ1v) is 9.81. The molecule has 28 heavy (non-hydrogen) atoms. The van der Waals surface area contributed by atoms with Crippen LogP contribution in [0.1, 0.15) is 32.2 Å². The van der Waals surface area contributed by atoms with E-state index in [0.29, 0.717) is 17.1 Å². The number of benzene rings is 2. The molecule has 6 nitrogen and oxygen atoms in total. The average Bonchev–Trinajstić information content (AvgIpc) is 3.20. The molecule has 7 heteroatoms. The lowest BCUT2D eigenvalue weighted by atomic mass is 10.1. The molecule has 144 valence electrons. The van der Waals surface area contributed by atoms with Crippen LogP contribution in [0.2, 0.25) is 0 Å². The summed E-state index contributed by atoms with van der Waals surface area (Å²) in [6, 6.07) is 18.1. The minimum Gasteiger partial charge on any atom is -0.486 e. The van der Waals surface area contributed by atoms with E-state index in [1.54, 1.807) is 23.9 Å². The molecule has 0 saturated heterocycles. The molecule has 1 aromatic heterocycles. The summed E-state index contributed by atoms with van der Waals surface area (Å²) in [4.78, 5) is 25.5. The highest BCUT2D eigenvalue weighted by Crippen LogP contribution is 2.19. The quantitative estimate of drug-likeness (QED) is 0.487. The predicted octanol–water partition coefficient (Wildman–Crippen LogP) is 3.96. The van der Waals surface area contributed by atoms with Gasteiger partial charge in [0.05, 0.1) is 0 Å². The molecule has 0 spiro atoms. The summed E-state index contributed by atoms with van der Waals surface area (Å²) in [5.74, 6) is 0.365. The van der Waals surface area contributed by atoms with Crippen molar-refractivity contribution in [3.05, 3.63) is 83.3 Å². The Balaban J connectivity index is 1.55. The number of para-hydroxylation sites is 1. The monoisotopic (exact) mass is 396 g/mol. The van der Waals surface area contributed by atoms with Gasteiger partial charge in [-0.3, -0.25) is 20.4 Å². The summed E-state index contributed by atoms with van der Waals surface area (Å²) in [6.07, 6.45) is 1.93. The third-order valence-corrected chi connectivity index (χ3v) is 4.71. The van der Waals surface area contributed by atoms with Crippen molar-refractivity contribution in [3.63, 3.8) is 0 Å². The Morgan fingerprint density at radius 1 is 1.00 bits per heavy atom. The molecule has 0 aliphatic heterocycles. The molecule has 3 rings (SSSR count). The zero-order valence-electron chi connectivity index (χ0n) is 15.5. The number of aryl methyl sites for hydroxylation is 1. The van der Waals surface area contributed by atoms with Gasteiger partial charge in [-0.25, -0.2) is 0 Å². The normalized spacial score (nSPS) is 10.4. The lowest BCUT2D eigenvalue weighted by Crippen LogP contribution is -2.41. The van der Waals surface area contributed by atoms with Crippen molar-refractivity contribution in [2.24, 2.45) is 0 Å². The number of hydrogen-bond donors (Lipinski definition) is 2. The van der Waals surface area contributed by atoms with E-state index in [4.69, 9.17) is 9.15 Å². The first-order valence-electron chi connectivity index (χ1n) is 8.58. The van der Waals surface area contributed by atoms with Gasteiger partial charge in [0.15, 0.2) is 5.76 Å². The van der Waals surface area contributed by atoms with Crippen molar-refractivity contribution in [1.29, 1.82) is 0 Å². The summed E-state index contributed by atoms with van der Waals surface area (Å²) in [6.45, 7) is 2.04. The maximum atomic E-state index is 12.3. The molecule has 2 aromatic carbocycles. The molecular weight excluding hydrogens is 376 g/mol. The average molecular weight is 396 g/mol. The summed E-state index contributed by atoms with van der Waals surface area (Å²) < 4.78 is 11.1. The zero-order chi connectivity index (χ0) is 19.9. The molecule has 3 aromatic rings. The van der Waals surface area contributed by atoms with Gasteiger partial charge in [-0.1, -0.05) is 24.3 Å². The number of carbonyl (C=O) groups is 2. The van der Waals surface area contributed by atoms with Gasteiger partial charge in [-0.2, -0.15) is 0 Å². The zero-order valence-corrected chi connectivity index (χ0v) is 16.3. The van der Waals surface area contributed by atoms with Crippen LogP contribution in [0, 0.1) is 6.92 Å². The van der Waals surface area contributed by atoms with Crippen molar-refractivity contribution < 1.29 is 18.7 Å². The minimum absolute atomic E-state index is 0.0848. The van der Waals surface area contributed by atoms with Gasteiger partial charge in [-0.05, 0) is 55.1 Å². The van der Waals surface area contributed by atoms with Gasteiger partial charge in [0.1, 0.15) is 18.1 Å². The Morgan fingerprint density at radius 3 is 2.50 bits per heavy atom. The lowest BCUT2D eigenvalue weighted by Gasteiger charge is -2.09. The molecule has 0 unspecified atom stereocenters. The van der Waals surface area contributed by atoms with Crippen LogP contribution in [-0.4, -0.2) is 18.1 Å². The summed E-state index contributed by atoms with van der Waals surface area (Å²) >= 11 is 1.54. The predicted molar refractivity (Wildman–Crippen MR) is 107 cm³/mol. The molecule has 0 aliphatic rings. The van der Waals surface area contributed by atoms with Crippen LogP contribution in [0.3, 0.4) is 0 Å². The van der Waals surface area contributed by atoms with Crippen molar-refractivity contribution in [1.82, 2.24) is 10.9 Å². The second-order valence-electron chi connectivity index (χ2n) is 5.96. The highest BCUT2D eigenvalue weighted by atomic mass is 32.2. The fourth-order valence-corrected chi connectivity index (χ4v) is 2.90. The molecule has 0 radical (unpaired) electrons. The van der Waals surface area contributed by atoms with Gasteiger partial charge in [0.2, 0.25) is 0 Å². The highest BCUT2D eigenvalue weighted by Gasteiger charge is 2.15. The number of thioether (sulfide) groups is 1. The van der Waals surface area contributed by atoms with Gasteiger partial charge >= 0.3 is 5.91 Å². The Hall–Kier alpha value is -3.19. The topological polar surface area (TPSA) is 80.6 Å². The van der Waals surface area contributed by atoms with Crippen molar-refractivity contribution in [3.8, 4) is 5.75 Å². The fraction of sp³-hybridized carbons (Fsp3) is 0.143. The number of hydrogen-bond acceptors (Lipinski definition) is 5. The highest BCUT2D eigenvalue weighted by molar-refractivity contribution is 7.98.